The van der Waals surface area contributed by atoms with Crippen molar-refractivity contribution < 1.29 is 26.7 Å². The highest BCUT2D eigenvalue weighted by Gasteiger charge is 2.30. The number of hydrogen-bond donors (Lipinski definition) is 2. The molecule has 110 valence electrons. The molecule has 0 aromatic heterocycles. The second-order valence-corrected chi connectivity index (χ2v) is 5.51. The lowest BCUT2D eigenvalue weighted by Crippen LogP contribution is -2.33. The summed E-state index contributed by atoms with van der Waals surface area (Å²) in [7, 11) is -4.23. The summed E-state index contributed by atoms with van der Waals surface area (Å²) in [6, 6.07) is 5.25. The van der Waals surface area contributed by atoms with Gasteiger partial charge in [0.25, 0.3) is 0 Å². The van der Waals surface area contributed by atoms with E-state index in [1.165, 1.54) is 29.0 Å². The summed E-state index contributed by atoms with van der Waals surface area (Å²) < 4.78 is 60.8. The van der Waals surface area contributed by atoms with Crippen LogP contribution in [-0.4, -0.2) is 32.9 Å². The van der Waals surface area contributed by atoms with Crippen LogP contribution >= 0.6 is 0 Å². The fourth-order valence-electron chi connectivity index (χ4n) is 1.22. The Labute approximate surface area is 114 Å². The van der Waals surface area contributed by atoms with E-state index in [9.17, 15) is 21.6 Å². The Morgan fingerprint density at radius 3 is 2.60 bits per heavy atom. The Morgan fingerprint density at radius 1 is 1.30 bits per heavy atom. The molecule has 2 N–H and O–H groups in total. The molecule has 0 bridgehead atoms. The Morgan fingerprint density at radius 2 is 2.00 bits per heavy atom. The normalized spacial score (nSPS) is 11.8. The summed E-state index contributed by atoms with van der Waals surface area (Å²) in [5.74, 6) is 5.20. The highest BCUT2D eigenvalue weighted by atomic mass is 32.2. The highest BCUT2D eigenvalue weighted by molar-refractivity contribution is 7.89. The van der Waals surface area contributed by atoms with Gasteiger partial charge in [-0.3, -0.25) is 0 Å². The monoisotopic (exact) mass is 307 g/mol. The van der Waals surface area contributed by atoms with Gasteiger partial charge < -0.3 is 5.11 Å². The van der Waals surface area contributed by atoms with Gasteiger partial charge in [-0.1, -0.05) is 17.9 Å². The zero-order chi connectivity index (χ0) is 15.2. The largest absolute Gasteiger partial charge is 0.402 e. The maximum absolute atomic E-state index is 12.0. The van der Waals surface area contributed by atoms with E-state index in [1.807, 2.05) is 0 Å². The Kier molecular flexibility index (Phi) is 5.56. The average molecular weight is 307 g/mol. The smallest absolute Gasteiger partial charge is 0.395 e. The van der Waals surface area contributed by atoms with Crippen molar-refractivity contribution in [2.75, 3.05) is 13.2 Å². The molecule has 1 aromatic rings. The SMILES string of the molecule is O=S(=O)(NCC(F)(F)F)c1cccc(C#CCCO)c1. The number of nitrogens with one attached hydrogen (secondary N) is 1. The van der Waals surface area contributed by atoms with Gasteiger partial charge in [-0.05, 0) is 18.2 Å². The minimum absolute atomic E-state index is 0.127. The van der Waals surface area contributed by atoms with Crippen LogP contribution in [0.5, 0.6) is 0 Å². The van der Waals surface area contributed by atoms with Crippen LogP contribution in [0.1, 0.15) is 12.0 Å². The summed E-state index contributed by atoms with van der Waals surface area (Å²) >= 11 is 0. The molecule has 0 aliphatic carbocycles. The first-order chi connectivity index (χ1) is 9.24. The average Bonchev–Trinajstić information content (AvgIpc) is 2.37. The van der Waals surface area contributed by atoms with Crippen molar-refractivity contribution in [1.82, 2.24) is 4.72 Å². The van der Waals surface area contributed by atoms with Crippen molar-refractivity contribution in [1.29, 1.82) is 0 Å². The van der Waals surface area contributed by atoms with Crippen LogP contribution in [0.4, 0.5) is 13.2 Å². The molecule has 0 saturated carbocycles. The third kappa shape index (κ3) is 5.61. The quantitative estimate of drug-likeness (QED) is 0.823. The molecule has 1 aromatic carbocycles. The summed E-state index contributed by atoms with van der Waals surface area (Å²) in [4.78, 5) is -0.294. The molecule has 0 saturated heterocycles. The topological polar surface area (TPSA) is 66.4 Å². The summed E-state index contributed by atoms with van der Waals surface area (Å²) in [6.07, 6.45) is -4.39. The Bertz CT molecular complexity index is 615. The lowest BCUT2D eigenvalue weighted by molar-refractivity contribution is -0.121. The first kappa shape index (κ1) is 16.5. The minimum Gasteiger partial charge on any atom is -0.395 e. The van der Waals surface area contributed by atoms with Gasteiger partial charge >= 0.3 is 6.18 Å². The van der Waals surface area contributed by atoms with Gasteiger partial charge in [0.15, 0.2) is 0 Å². The number of halogens is 3. The lowest BCUT2D eigenvalue weighted by atomic mass is 10.2. The van der Waals surface area contributed by atoms with Crippen molar-refractivity contribution in [3.63, 3.8) is 0 Å². The molecule has 0 aliphatic heterocycles. The van der Waals surface area contributed by atoms with E-state index < -0.39 is 22.7 Å². The van der Waals surface area contributed by atoms with Gasteiger partial charge in [-0.15, -0.1) is 0 Å². The fraction of sp³-hybridized carbons (Fsp3) is 0.333. The number of rotatable bonds is 4. The van der Waals surface area contributed by atoms with E-state index in [-0.39, 0.29) is 17.9 Å². The van der Waals surface area contributed by atoms with Gasteiger partial charge in [-0.25, -0.2) is 13.1 Å². The number of aliphatic hydroxyl groups is 1. The molecule has 0 unspecified atom stereocenters. The van der Waals surface area contributed by atoms with E-state index >= 15 is 0 Å². The molecule has 0 aliphatic rings. The summed E-state index contributed by atoms with van der Waals surface area (Å²) in [5, 5.41) is 8.56. The van der Waals surface area contributed by atoms with E-state index in [1.54, 1.807) is 0 Å². The number of hydrogen-bond acceptors (Lipinski definition) is 3. The first-order valence-electron chi connectivity index (χ1n) is 5.51. The molecular formula is C12H12F3NO3S. The molecule has 0 heterocycles. The predicted molar refractivity (Wildman–Crippen MR) is 66.3 cm³/mol. The van der Waals surface area contributed by atoms with Gasteiger partial charge in [0.05, 0.1) is 11.5 Å². The van der Waals surface area contributed by atoms with Crippen LogP contribution in [0.2, 0.25) is 0 Å². The van der Waals surface area contributed by atoms with Crippen LogP contribution in [0.15, 0.2) is 29.2 Å². The predicted octanol–water partition coefficient (Wildman–Crippen LogP) is 1.26. The zero-order valence-electron chi connectivity index (χ0n) is 10.2. The van der Waals surface area contributed by atoms with Crippen LogP contribution in [0, 0.1) is 11.8 Å². The second kappa shape index (κ2) is 6.74. The molecule has 0 amide bonds. The second-order valence-electron chi connectivity index (χ2n) is 3.74. The van der Waals surface area contributed by atoms with Crippen molar-refractivity contribution >= 4 is 10.0 Å². The molecule has 8 heteroatoms. The first-order valence-corrected chi connectivity index (χ1v) is 6.99. The Hall–Kier alpha value is -1.56. The minimum atomic E-state index is -4.62. The van der Waals surface area contributed by atoms with Gasteiger partial charge in [0, 0.05) is 12.0 Å². The summed E-state index contributed by atoms with van der Waals surface area (Å²) in [6.45, 7) is -1.76. The maximum Gasteiger partial charge on any atom is 0.402 e. The van der Waals surface area contributed by atoms with Gasteiger partial charge in [0.2, 0.25) is 10.0 Å². The standard InChI is InChI=1S/C12H12F3NO3S/c13-12(14,15)9-16-20(18,19)11-6-3-5-10(8-11)4-1-2-7-17/h3,5-6,8,16-17H,2,7,9H2. The van der Waals surface area contributed by atoms with Crippen LogP contribution in [-0.2, 0) is 10.0 Å². The molecule has 0 radical (unpaired) electrons. The molecule has 4 nitrogen and oxygen atoms in total. The molecule has 0 atom stereocenters. The Balaban J connectivity index is 2.91. The number of aliphatic hydroxyl groups excluding tert-OH is 1. The molecule has 1 rings (SSSR count). The van der Waals surface area contributed by atoms with Gasteiger partial charge in [0.1, 0.15) is 6.54 Å². The van der Waals surface area contributed by atoms with E-state index in [4.69, 9.17) is 5.11 Å². The molecule has 0 fully saturated rings. The highest BCUT2D eigenvalue weighted by Crippen LogP contribution is 2.15. The van der Waals surface area contributed by atoms with E-state index in [2.05, 4.69) is 11.8 Å². The molecule has 0 spiro atoms. The lowest BCUT2D eigenvalue weighted by Gasteiger charge is -2.09. The third-order valence-electron chi connectivity index (χ3n) is 2.08. The number of alkyl halides is 3. The number of sulfonamides is 1. The van der Waals surface area contributed by atoms with Crippen molar-refractivity contribution in [3.05, 3.63) is 29.8 Å². The van der Waals surface area contributed by atoms with Gasteiger partial charge in [-0.2, -0.15) is 13.2 Å². The van der Waals surface area contributed by atoms with Crippen molar-refractivity contribution in [2.24, 2.45) is 0 Å². The van der Waals surface area contributed by atoms with Crippen LogP contribution in [0.25, 0.3) is 0 Å². The number of benzene rings is 1. The maximum atomic E-state index is 12.0. The zero-order valence-corrected chi connectivity index (χ0v) is 11.1. The third-order valence-corrected chi connectivity index (χ3v) is 3.48. The molecular weight excluding hydrogens is 295 g/mol. The van der Waals surface area contributed by atoms with E-state index in [0.717, 1.165) is 0 Å². The summed E-state index contributed by atoms with van der Waals surface area (Å²) in [5.41, 5.74) is 0.341. The van der Waals surface area contributed by atoms with Crippen LogP contribution in [0.3, 0.4) is 0 Å². The molecule has 20 heavy (non-hydrogen) atoms. The fourth-order valence-corrected chi connectivity index (χ4v) is 2.28. The van der Waals surface area contributed by atoms with E-state index in [0.29, 0.717) is 5.56 Å². The van der Waals surface area contributed by atoms with Crippen molar-refractivity contribution in [2.45, 2.75) is 17.5 Å². The van der Waals surface area contributed by atoms with Crippen LogP contribution < -0.4 is 4.72 Å². The van der Waals surface area contributed by atoms with Crippen molar-refractivity contribution in [3.8, 4) is 11.8 Å².